The van der Waals surface area contributed by atoms with E-state index in [2.05, 4.69) is 26.1 Å². The summed E-state index contributed by atoms with van der Waals surface area (Å²) in [5.74, 6) is 0.693. The zero-order valence-corrected chi connectivity index (χ0v) is 13.6. The van der Waals surface area contributed by atoms with E-state index in [1.54, 1.807) is 31.1 Å². The van der Waals surface area contributed by atoms with E-state index in [4.69, 9.17) is 4.74 Å². The van der Waals surface area contributed by atoms with Crippen molar-refractivity contribution in [1.29, 1.82) is 0 Å². The highest BCUT2D eigenvalue weighted by atomic mass is 79.9. The van der Waals surface area contributed by atoms with Gasteiger partial charge >= 0.3 is 0 Å². The highest BCUT2D eigenvalue weighted by Gasteiger charge is 2.13. The maximum Gasteiger partial charge on any atom is 0.266 e. The summed E-state index contributed by atoms with van der Waals surface area (Å²) in [7, 11) is 3.23. The molecule has 3 rings (SSSR count). The molecule has 7 heteroatoms. The number of benzene rings is 1. The molecule has 0 spiro atoms. The van der Waals surface area contributed by atoms with Crippen molar-refractivity contribution in [2.75, 3.05) is 7.11 Å². The first kappa shape index (κ1) is 14.5. The average molecular weight is 361 g/mol. The molecular formula is C15H13BrN4O2. The standard InChI is InChI=1S/C15H13BrN4O2/c1-19-15(21)6-4-11(18-19)12-7-8-17-20(12)13-9-10(16)3-5-14(13)22-2/h3-9H,1-2H3. The Kier molecular flexibility index (Phi) is 3.81. The van der Waals surface area contributed by atoms with E-state index in [0.29, 0.717) is 11.4 Å². The fourth-order valence-corrected chi connectivity index (χ4v) is 2.51. The second-order valence-corrected chi connectivity index (χ2v) is 5.54. The minimum Gasteiger partial charge on any atom is -0.494 e. The predicted molar refractivity (Wildman–Crippen MR) is 86.3 cm³/mol. The molecule has 2 aromatic heterocycles. The molecule has 0 radical (unpaired) electrons. The van der Waals surface area contributed by atoms with Crippen LogP contribution >= 0.6 is 15.9 Å². The summed E-state index contributed by atoms with van der Waals surface area (Å²) in [6.07, 6.45) is 1.68. The Morgan fingerprint density at radius 2 is 2.00 bits per heavy atom. The lowest BCUT2D eigenvalue weighted by molar-refractivity contribution is 0.411. The molecule has 22 heavy (non-hydrogen) atoms. The van der Waals surface area contributed by atoms with Crippen LogP contribution in [0.25, 0.3) is 17.1 Å². The quantitative estimate of drug-likeness (QED) is 0.719. The lowest BCUT2D eigenvalue weighted by Crippen LogP contribution is -2.18. The second-order valence-electron chi connectivity index (χ2n) is 4.62. The number of aryl methyl sites for hydroxylation is 1. The molecule has 3 aromatic rings. The topological polar surface area (TPSA) is 61.9 Å². The third-order valence-corrected chi connectivity index (χ3v) is 3.73. The summed E-state index contributed by atoms with van der Waals surface area (Å²) in [5.41, 5.74) is 2.05. The molecule has 0 atom stereocenters. The molecule has 0 aliphatic carbocycles. The molecule has 0 unspecified atom stereocenters. The van der Waals surface area contributed by atoms with Gasteiger partial charge in [0.05, 0.1) is 19.0 Å². The number of methoxy groups -OCH3 is 1. The van der Waals surface area contributed by atoms with E-state index >= 15 is 0 Å². The third kappa shape index (κ3) is 2.55. The number of nitrogens with zero attached hydrogens (tertiary/aromatic N) is 4. The summed E-state index contributed by atoms with van der Waals surface area (Å²) < 4.78 is 9.34. The summed E-state index contributed by atoms with van der Waals surface area (Å²) >= 11 is 3.46. The van der Waals surface area contributed by atoms with Crippen molar-refractivity contribution >= 4 is 15.9 Å². The highest BCUT2D eigenvalue weighted by Crippen LogP contribution is 2.29. The van der Waals surface area contributed by atoms with Crippen LogP contribution in [0.4, 0.5) is 0 Å². The summed E-state index contributed by atoms with van der Waals surface area (Å²) in [6, 6.07) is 10.7. The molecule has 0 saturated heterocycles. The third-order valence-electron chi connectivity index (χ3n) is 3.23. The zero-order valence-electron chi connectivity index (χ0n) is 12.0. The van der Waals surface area contributed by atoms with Crippen LogP contribution in [0.2, 0.25) is 0 Å². The minimum atomic E-state index is -0.158. The van der Waals surface area contributed by atoms with Gasteiger partial charge in [0.1, 0.15) is 17.1 Å². The minimum absolute atomic E-state index is 0.158. The van der Waals surface area contributed by atoms with Crippen LogP contribution in [-0.4, -0.2) is 26.7 Å². The van der Waals surface area contributed by atoms with Crippen molar-refractivity contribution in [3.8, 4) is 22.8 Å². The van der Waals surface area contributed by atoms with Gasteiger partial charge in [0.2, 0.25) is 0 Å². The van der Waals surface area contributed by atoms with Gasteiger partial charge < -0.3 is 4.74 Å². The monoisotopic (exact) mass is 360 g/mol. The molecule has 1 aromatic carbocycles. The number of aromatic nitrogens is 4. The van der Waals surface area contributed by atoms with Crippen molar-refractivity contribution in [3.63, 3.8) is 0 Å². The normalized spacial score (nSPS) is 10.7. The average Bonchev–Trinajstić information content (AvgIpc) is 2.99. The Hall–Kier alpha value is -2.41. The highest BCUT2D eigenvalue weighted by molar-refractivity contribution is 9.10. The van der Waals surface area contributed by atoms with E-state index in [1.165, 1.54) is 10.7 Å². The number of rotatable bonds is 3. The number of hydrogen-bond donors (Lipinski definition) is 0. The van der Waals surface area contributed by atoms with Crippen LogP contribution in [0.3, 0.4) is 0 Å². The molecule has 2 heterocycles. The Balaban J connectivity index is 2.19. The van der Waals surface area contributed by atoms with E-state index in [0.717, 1.165) is 15.9 Å². The smallest absolute Gasteiger partial charge is 0.266 e. The van der Waals surface area contributed by atoms with Gasteiger partial charge in [-0.25, -0.2) is 9.36 Å². The fraction of sp³-hybridized carbons (Fsp3) is 0.133. The SMILES string of the molecule is COc1ccc(Br)cc1-n1nccc1-c1ccc(=O)n(C)n1. The molecular weight excluding hydrogens is 348 g/mol. The molecule has 0 bridgehead atoms. The lowest BCUT2D eigenvalue weighted by Gasteiger charge is -2.12. The molecule has 0 aliphatic heterocycles. The van der Waals surface area contributed by atoms with Crippen LogP contribution < -0.4 is 10.3 Å². The largest absolute Gasteiger partial charge is 0.494 e. The van der Waals surface area contributed by atoms with Crippen LogP contribution in [0.15, 0.2) is 51.9 Å². The maximum atomic E-state index is 11.5. The van der Waals surface area contributed by atoms with Crippen LogP contribution in [0, 0.1) is 0 Å². The van der Waals surface area contributed by atoms with Gasteiger partial charge in [-0.1, -0.05) is 15.9 Å². The zero-order chi connectivity index (χ0) is 15.7. The van der Waals surface area contributed by atoms with Crippen LogP contribution in [-0.2, 0) is 7.05 Å². The number of hydrogen-bond acceptors (Lipinski definition) is 4. The molecule has 0 amide bonds. The first-order valence-corrected chi connectivity index (χ1v) is 7.32. The Labute approximate surface area is 135 Å². The maximum absolute atomic E-state index is 11.5. The first-order valence-electron chi connectivity index (χ1n) is 6.53. The van der Waals surface area contributed by atoms with Crippen molar-refractivity contribution in [2.24, 2.45) is 7.05 Å². The Morgan fingerprint density at radius 3 is 2.73 bits per heavy atom. The molecule has 0 saturated carbocycles. The van der Waals surface area contributed by atoms with E-state index in [9.17, 15) is 4.79 Å². The van der Waals surface area contributed by atoms with Crippen LogP contribution in [0.5, 0.6) is 5.75 Å². The summed E-state index contributed by atoms with van der Waals surface area (Å²) in [5, 5.41) is 8.62. The van der Waals surface area contributed by atoms with E-state index in [1.807, 2.05) is 24.3 Å². The van der Waals surface area contributed by atoms with E-state index in [-0.39, 0.29) is 5.56 Å². The molecule has 0 N–H and O–H groups in total. The fourth-order valence-electron chi connectivity index (χ4n) is 2.16. The Bertz CT molecular complexity index is 885. The van der Waals surface area contributed by atoms with Gasteiger partial charge in [-0.15, -0.1) is 0 Å². The molecule has 112 valence electrons. The van der Waals surface area contributed by atoms with Gasteiger partial charge in [0.25, 0.3) is 5.56 Å². The molecule has 0 aliphatic rings. The van der Waals surface area contributed by atoms with Gasteiger partial charge in [-0.2, -0.15) is 10.2 Å². The van der Waals surface area contributed by atoms with Crippen molar-refractivity contribution in [1.82, 2.24) is 19.6 Å². The van der Waals surface area contributed by atoms with Crippen LogP contribution in [0.1, 0.15) is 0 Å². The molecule has 6 nitrogen and oxygen atoms in total. The van der Waals surface area contributed by atoms with Gasteiger partial charge in [-0.3, -0.25) is 4.79 Å². The Morgan fingerprint density at radius 1 is 1.18 bits per heavy atom. The lowest BCUT2D eigenvalue weighted by atomic mass is 10.2. The number of ether oxygens (including phenoxy) is 1. The van der Waals surface area contributed by atoms with Crippen molar-refractivity contribution in [2.45, 2.75) is 0 Å². The van der Waals surface area contributed by atoms with Gasteiger partial charge in [-0.05, 0) is 30.3 Å². The summed E-state index contributed by atoms with van der Waals surface area (Å²) in [4.78, 5) is 11.5. The van der Waals surface area contributed by atoms with Crippen molar-refractivity contribution < 1.29 is 4.74 Å². The van der Waals surface area contributed by atoms with Gasteiger partial charge in [0, 0.05) is 17.6 Å². The summed E-state index contributed by atoms with van der Waals surface area (Å²) in [6.45, 7) is 0. The second kappa shape index (κ2) is 5.76. The van der Waals surface area contributed by atoms with E-state index < -0.39 is 0 Å². The molecule has 0 fully saturated rings. The first-order chi connectivity index (χ1) is 10.6. The number of halogens is 1. The van der Waals surface area contributed by atoms with Crippen molar-refractivity contribution in [3.05, 3.63) is 57.4 Å². The van der Waals surface area contributed by atoms with Gasteiger partial charge in [0.15, 0.2) is 0 Å². The predicted octanol–water partition coefficient (Wildman–Crippen LogP) is 2.40.